The van der Waals surface area contributed by atoms with Crippen molar-refractivity contribution < 1.29 is 9.53 Å². The van der Waals surface area contributed by atoms with E-state index in [0.717, 1.165) is 29.0 Å². The molecule has 2 rings (SSSR count). The standard InChI is InChI=1S/C18H22N2O2/c1-4-15-9-5-6-10-16(15)20-18(21)19-12-22-17-11-7-8-13(2)14(17)3/h5-11H,4,12H2,1-3H3,(H2,19,20,21). The Bertz CT molecular complexity index is 653. The summed E-state index contributed by atoms with van der Waals surface area (Å²) in [6.07, 6.45) is 0.870. The van der Waals surface area contributed by atoms with Crippen molar-refractivity contribution >= 4 is 11.7 Å². The van der Waals surface area contributed by atoms with Crippen LogP contribution in [0.15, 0.2) is 42.5 Å². The van der Waals surface area contributed by atoms with Gasteiger partial charge in [0, 0.05) is 5.69 Å². The van der Waals surface area contributed by atoms with Crippen molar-refractivity contribution in [2.75, 3.05) is 12.0 Å². The second-order valence-corrected chi connectivity index (χ2v) is 5.13. The van der Waals surface area contributed by atoms with Crippen molar-refractivity contribution in [1.82, 2.24) is 5.32 Å². The maximum atomic E-state index is 11.9. The van der Waals surface area contributed by atoms with Gasteiger partial charge in [0.25, 0.3) is 0 Å². The Morgan fingerprint density at radius 3 is 2.64 bits per heavy atom. The average Bonchev–Trinajstić information content (AvgIpc) is 2.52. The van der Waals surface area contributed by atoms with Gasteiger partial charge in [-0.25, -0.2) is 4.79 Å². The van der Waals surface area contributed by atoms with E-state index in [0.29, 0.717) is 0 Å². The summed E-state index contributed by atoms with van der Waals surface area (Å²) in [5.74, 6) is 0.786. The van der Waals surface area contributed by atoms with E-state index in [1.807, 2.05) is 56.3 Å². The Hall–Kier alpha value is -2.49. The van der Waals surface area contributed by atoms with E-state index in [1.54, 1.807) is 0 Å². The fraction of sp³-hybridized carbons (Fsp3) is 0.278. The van der Waals surface area contributed by atoms with Gasteiger partial charge in [-0.1, -0.05) is 37.3 Å². The fourth-order valence-corrected chi connectivity index (χ4v) is 2.18. The number of hydrogen-bond acceptors (Lipinski definition) is 2. The van der Waals surface area contributed by atoms with Crippen molar-refractivity contribution in [3.8, 4) is 5.75 Å². The molecule has 0 aromatic heterocycles. The molecule has 0 saturated heterocycles. The summed E-state index contributed by atoms with van der Waals surface area (Å²) in [4.78, 5) is 11.9. The molecule has 4 nitrogen and oxygen atoms in total. The van der Waals surface area contributed by atoms with E-state index < -0.39 is 0 Å². The van der Waals surface area contributed by atoms with Crippen molar-refractivity contribution in [3.05, 3.63) is 59.2 Å². The van der Waals surface area contributed by atoms with Crippen molar-refractivity contribution in [3.63, 3.8) is 0 Å². The molecule has 2 amide bonds. The molecular weight excluding hydrogens is 276 g/mol. The number of rotatable bonds is 5. The van der Waals surface area contributed by atoms with Gasteiger partial charge in [0.2, 0.25) is 0 Å². The van der Waals surface area contributed by atoms with Gasteiger partial charge < -0.3 is 15.4 Å². The zero-order valence-corrected chi connectivity index (χ0v) is 13.3. The van der Waals surface area contributed by atoms with Gasteiger partial charge >= 0.3 is 6.03 Å². The predicted molar refractivity (Wildman–Crippen MR) is 89.4 cm³/mol. The zero-order chi connectivity index (χ0) is 15.9. The molecule has 0 fully saturated rings. The highest BCUT2D eigenvalue weighted by atomic mass is 16.5. The summed E-state index contributed by atoms with van der Waals surface area (Å²) in [6.45, 7) is 6.22. The van der Waals surface area contributed by atoms with Crippen LogP contribution in [-0.2, 0) is 6.42 Å². The average molecular weight is 298 g/mol. The van der Waals surface area contributed by atoms with E-state index in [1.165, 1.54) is 5.56 Å². The van der Waals surface area contributed by atoms with Gasteiger partial charge in [0.15, 0.2) is 6.73 Å². The van der Waals surface area contributed by atoms with E-state index in [9.17, 15) is 4.79 Å². The van der Waals surface area contributed by atoms with Gasteiger partial charge in [-0.15, -0.1) is 0 Å². The van der Waals surface area contributed by atoms with E-state index in [-0.39, 0.29) is 12.8 Å². The van der Waals surface area contributed by atoms with Crippen LogP contribution in [0.1, 0.15) is 23.6 Å². The third kappa shape index (κ3) is 4.01. The number of ether oxygens (including phenoxy) is 1. The SMILES string of the molecule is CCc1ccccc1NC(=O)NCOc1cccc(C)c1C. The largest absolute Gasteiger partial charge is 0.473 e. The third-order valence-corrected chi connectivity index (χ3v) is 3.66. The molecule has 4 heteroatoms. The summed E-state index contributed by atoms with van der Waals surface area (Å²) < 4.78 is 5.61. The number of hydrogen-bond donors (Lipinski definition) is 2. The third-order valence-electron chi connectivity index (χ3n) is 3.66. The van der Waals surface area contributed by atoms with Crippen LogP contribution < -0.4 is 15.4 Å². The summed E-state index contributed by atoms with van der Waals surface area (Å²) in [6, 6.07) is 13.4. The lowest BCUT2D eigenvalue weighted by Crippen LogP contribution is -2.32. The smallest absolute Gasteiger partial charge is 0.321 e. The molecule has 0 heterocycles. The Kier molecular flexibility index (Phi) is 5.42. The Labute approximate surface area is 131 Å². The summed E-state index contributed by atoms with van der Waals surface area (Å²) >= 11 is 0. The minimum Gasteiger partial charge on any atom is -0.473 e. The van der Waals surface area contributed by atoms with Crippen LogP contribution in [0.2, 0.25) is 0 Å². The van der Waals surface area contributed by atoms with Gasteiger partial charge in [-0.05, 0) is 49.1 Å². The topological polar surface area (TPSA) is 50.4 Å². The monoisotopic (exact) mass is 298 g/mol. The normalized spacial score (nSPS) is 10.1. The van der Waals surface area contributed by atoms with Crippen molar-refractivity contribution in [2.24, 2.45) is 0 Å². The number of nitrogens with one attached hydrogen (secondary N) is 2. The highest BCUT2D eigenvalue weighted by Crippen LogP contribution is 2.20. The Morgan fingerprint density at radius 1 is 1.09 bits per heavy atom. The number of aryl methyl sites for hydroxylation is 2. The van der Waals surface area contributed by atoms with E-state index in [4.69, 9.17) is 4.74 Å². The van der Waals surface area contributed by atoms with Gasteiger partial charge in [0.05, 0.1) is 0 Å². The molecule has 2 N–H and O–H groups in total. The minimum absolute atomic E-state index is 0.129. The first kappa shape index (κ1) is 15.9. The molecule has 0 bridgehead atoms. The zero-order valence-electron chi connectivity index (χ0n) is 13.3. The van der Waals surface area contributed by atoms with Gasteiger partial charge in [0.1, 0.15) is 5.75 Å². The number of carbonyl (C=O) groups excluding carboxylic acids is 1. The Morgan fingerprint density at radius 2 is 1.86 bits per heavy atom. The van der Waals surface area contributed by atoms with E-state index >= 15 is 0 Å². The lowest BCUT2D eigenvalue weighted by atomic mass is 10.1. The number of anilines is 1. The summed E-state index contributed by atoms with van der Waals surface area (Å²) in [5, 5.41) is 5.55. The maximum absolute atomic E-state index is 11.9. The van der Waals surface area contributed by atoms with Crippen LogP contribution >= 0.6 is 0 Å². The molecule has 0 radical (unpaired) electrons. The number of urea groups is 1. The quantitative estimate of drug-likeness (QED) is 0.819. The first-order valence-corrected chi connectivity index (χ1v) is 7.43. The first-order valence-electron chi connectivity index (χ1n) is 7.43. The Balaban J connectivity index is 1.87. The molecule has 0 spiro atoms. The number of para-hydroxylation sites is 1. The molecule has 0 saturated carbocycles. The molecule has 0 atom stereocenters. The number of carbonyl (C=O) groups is 1. The predicted octanol–water partition coefficient (Wildman–Crippen LogP) is 4.02. The molecule has 0 aliphatic carbocycles. The maximum Gasteiger partial charge on any atom is 0.321 e. The van der Waals surface area contributed by atoms with E-state index in [2.05, 4.69) is 17.6 Å². The minimum atomic E-state index is -0.272. The second kappa shape index (κ2) is 7.50. The summed E-state index contributed by atoms with van der Waals surface area (Å²) in [7, 11) is 0. The second-order valence-electron chi connectivity index (χ2n) is 5.13. The highest BCUT2D eigenvalue weighted by Gasteiger charge is 2.06. The molecule has 0 unspecified atom stereocenters. The molecule has 0 aliphatic heterocycles. The van der Waals surface area contributed by atoms with Crippen LogP contribution in [0.4, 0.5) is 10.5 Å². The van der Waals surface area contributed by atoms with Crippen LogP contribution in [-0.4, -0.2) is 12.8 Å². The molecule has 2 aromatic carbocycles. The number of amides is 2. The molecular formula is C18H22N2O2. The van der Waals surface area contributed by atoms with Crippen molar-refractivity contribution in [1.29, 1.82) is 0 Å². The van der Waals surface area contributed by atoms with Gasteiger partial charge in [-0.3, -0.25) is 0 Å². The fourth-order valence-electron chi connectivity index (χ4n) is 2.18. The highest BCUT2D eigenvalue weighted by molar-refractivity contribution is 5.89. The molecule has 0 aliphatic rings. The van der Waals surface area contributed by atoms with Gasteiger partial charge in [-0.2, -0.15) is 0 Å². The molecule has 116 valence electrons. The van der Waals surface area contributed by atoms with Crippen LogP contribution in [0.25, 0.3) is 0 Å². The lowest BCUT2D eigenvalue weighted by Gasteiger charge is -2.13. The molecule has 2 aromatic rings. The first-order chi connectivity index (χ1) is 10.6. The van der Waals surface area contributed by atoms with Crippen LogP contribution in [0, 0.1) is 13.8 Å². The molecule has 22 heavy (non-hydrogen) atoms. The van der Waals surface area contributed by atoms with Crippen LogP contribution in [0.5, 0.6) is 5.75 Å². The van der Waals surface area contributed by atoms with Crippen LogP contribution in [0.3, 0.4) is 0 Å². The lowest BCUT2D eigenvalue weighted by molar-refractivity contribution is 0.234. The number of benzene rings is 2. The van der Waals surface area contributed by atoms with Crippen molar-refractivity contribution in [2.45, 2.75) is 27.2 Å². The summed E-state index contributed by atoms with van der Waals surface area (Å²) in [5.41, 5.74) is 4.18.